The highest BCUT2D eigenvalue weighted by molar-refractivity contribution is 5.00. The Morgan fingerprint density at radius 2 is 1.94 bits per heavy atom. The Kier molecular flexibility index (Phi) is 4.35. The third-order valence-corrected chi connectivity index (χ3v) is 5.77. The lowest BCUT2D eigenvalue weighted by Crippen LogP contribution is -2.63. The topological polar surface area (TPSA) is 38.5 Å². The molecule has 2 saturated heterocycles. The number of piperidine rings is 1. The van der Waals surface area contributed by atoms with Crippen LogP contribution in [0.2, 0.25) is 0 Å². The van der Waals surface area contributed by atoms with Crippen LogP contribution in [-0.2, 0) is 4.74 Å². The summed E-state index contributed by atoms with van der Waals surface area (Å²) < 4.78 is 5.61. The second kappa shape index (κ2) is 5.48. The minimum Gasteiger partial charge on any atom is -0.381 e. The van der Waals surface area contributed by atoms with E-state index in [1.54, 1.807) is 0 Å². The Labute approximate surface area is 112 Å². The summed E-state index contributed by atoms with van der Waals surface area (Å²) in [5.74, 6) is 0.558. The lowest BCUT2D eigenvalue weighted by Gasteiger charge is -2.53. The smallest absolute Gasteiger partial charge is 0.0509 e. The van der Waals surface area contributed by atoms with Crippen molar-refractivity contribution >= 4 is 0 Å². The molecule has 0 spiro atoms. The van der Waals surface area contributed by atoms with Crippen molar-refractivity contribution in [2.45, 2.75) is 52.0 Å². The van der Waals surface area contributed by atoms with Gasteiger partial charge in [-0.2, -0.15) is 0 Å². The summed E-state index contributed by atoms with van der Waals surface area (Å²) in [7, 11) is 0. The maximum absolute atomic E-state index is 6.16. The van der Waals surface area contributed by atoms with Gasteiger partial charge in [0.1, 0.15) is 0 Å². The van der Waals surface area contributed by atoms with Crippen molar-refractivity contribution in [1.29, 1.82) is 0 Å². The van der Waals surface area contributed by atoms with E-state index in [-0.39, 0.29) is 5.54 Å². The fraction of sp³-hybridized carbons (Fsp3) is 1.00. The maximum Gasteiger partial charge on any atom is 0.0509 e. The molecule has 0 amide bonds. The molecule has 0 aromatic heterocycles. The summed E-state index contributed by atoms with van der Waals surface area (Å²) in [6.45, 7) is 12.0. The number of nitrogens with zero attached hydrogens (tertiary/aromatic N) is 1. The van der Waals surface area contributed by atoms with Gasteiger partial charge in [-0.3, -0.25) is 4.90 Å². The van der Waals surface area contributed by atoms with Crippen molar-refractivity contribution in [2.24, 2.45) is 17.1 Å². The van der Waals surface area contributed by atoms with Gasteiger partial charge in [0, 0.05) is 18.7 Å². The zero-order valence-corrected chi connectivity index (χ0v) is 12.4. The molecule has 0 saturated carbocycles. The predicted molar refractivity (Wildman–Crippen MR) is 75.6 cm³/mol. The highest BCUT2D eigenvalue weighted by Crippen LogP contribution is 2.40. The molecule has 2 heterocycles. The first-order chi connectivity index (χ1) is 8.56. The number of rotatable bonds is 3. The summed E-state index contributed by atoms with van der Waals surface area (Å²) in [6, 6.07) is 0. The molecular formula is C15H30N2O. The molecule has 2 unspecified atom stereocenters. The van der Waals surface area contributed by atoms with E-state index in [2.05, 4.69) is 25.7 Å². The molecule has 2 N–H and O–H groups in total. The molecule has 0 radical (unpaired) electrons. The van der Waals surface area contributed by atoms with Crippen molar-refractivity contribution in [3.05, 3.63) is 0 Å². The van der Waals surface area contributed by atoms with Gasteiger partial charge in [0.05, 0.1) is 6.61 Å². The third-order valence-electron chi connectivity index (χ3n) is 5.77. The molecule has 2 aliphatic heterocycles. The van der Waals surface area contributed by atoms with Crippen LogP contribution in [0, 0.1) is 11.3 Å². The van der Waals surface area contributed by atoms with Crippen LogP contribution in [0.5, 0.6) is 0 Å². The van der Waals surface area contributed by atoms with E-state index in [0.717, 1.165) is 26.2 Å². The molecule has 2 rings (SSSR count). The van der Waals surface area contributed by atoms with E-state index < -0.39 is 0 Å². The van der Waals surface area contributed by atoms with Gasteiger partial charge in [-0.25, -0.2) is 0 Å². The SMILES string of the molecule is CCC1(C)CCN(C2(CN)CCOCC2C)CC1. The van der Waals surface area contributed by atoms with Crippen LogP contribution in [0.25, 0.3) is 0 Å². The number of likely N-dealkylation sites (tertiary alicyclic amines) is 1. The average Bonchev–Trinajstić information content (AvgIpc) is 2.41. The first kappa shape index (κ1) is 14.3. The summed E-state index contributed by atoms with van der Waals surface area (Å²) in [5.41, 5.74) is 6.92. The van der Waals surface area contributed by atoms with E-state index in [9.17, 15) is 0 Å². The molecular weight excluding hydrogens is 224 g/mol. The van der Waals surface area contributed by atoms with Crippen LogP contribution in [0.15, 0.2) is 0 Å². The van der Waals surface area contributed by atoms with Gasteiger partial charge in [0.25, 0.3) is 0 Å². The predicted octanol–water partition coefficient (Wildman–Crippen LogP) is 2.25. The Bertz CT molecular complexity index is 274. The lowest BCUT2D eigenvalue weighted by molar-refractivity contribution is -0.0835. The van der Waals surface area contributed by atoms with Crippen molar-refractivity contribution < 1.29 is 4.74 Å². The number of ether oxygens (including phenoxy) is 1. The summed E-state index contributed by atoms with van der Waals surface area (Å²) >= 11 is 0. The van der Waals surface area contributed by atoms with E-state index in [4.69, 9.17) is 10.5 Å². The van der Waals surface area contributed by atoms with Crippen LogP contribution in [0.1, 0.15) is 46.5 Å². The first-order valence-corrected chi connectivity index (χ1v) is 7.59. The Hall–Kier alpha value is -0.120. The summed E-state index contributed by atoms with van der Waals surface area (Å²) in [4.78, 5) is 2.68. The molecule has 106 valence electrons. The minimum absolute atomic E-state index is 0.202. The monoisotopic (exact) mass is 254 g/mol. The van der Waals surface area contributed by atoms with E-state index in [1.165, 1.54) is 32.4 Å². The average molecular weight is 254 g/mol. The number of hydrogen-bond acceptors (Lipinski definition) is 3. The van der Waals surface area contributed by atoms with Gasteiger partial charge in [-0.05, 0) is 43.7 Å². The summed E-state index contributed by atoms with van der Waals surface area (Å²) in [6.07, 6.45) is 5.04. The normalized spacial score (nSPS) is 37.7. The van der Waals surface area contributed by atoms with Crippen LogP contribution >= 0.6 is 0 Å². The van der Waals surface area contributed by atoms with Crippen molar-refractivity contribution in [1.82, 2.24) is 4.90 Å². The zero-order valence-electron chi connectivity index (χ0n) is 12.4. The summed E-state index contributed by atoms with van der Waals surface area (Å²) in [5, 5.41) is 0. The van der Waals surface area contributed by atoms with Crippen LogP contribution in [0.4, 0.5) is 0 Å². The van der Waals surface area contributed by atoms with E-state index in [0.29, 0.717) is 11.3 Å². The fourth-order valence-electron chi connectivity index (χ4n) is 3.66. The van der Waals surface area contributed by atoms with Gasteiger partial charge in [-0.15, -0.1) is 0 Å². The highest BCUT2D eigenvalue weighted by atomic mass is 16.5. The Morgan fingerprint density at radius 1 is 1.28 bits per heavy atom. The Balaban J connectivity index is 2.06. The standard InChI is InChI=1S/C15H30N2O/c1-4-14(3)5-8-17(9-6-14)15(12-16)7-10-18-11-13(15)2/h13H,4-12,16H2,1-3H3. The second-order valence-electron chi connectivity index (χ2n) is 6.68. The quantitative estimate of drug-likeness (QED) is 0.839. The minimum atomic E-state index is 0.202. The molecule has 0 aromatic carbocycles. The van der Waals surface area contributed by atoms with Crippen LogP contribution in [-0.4, -0.2) is 43.3 Å². The third kappa shape index (κ3) is 2.45. The molecule has 0 bridgehead atoms. The van der Waals surface area contributed by atoms with Crippen molar-refractivity contribution in [3.8, 4) is 0 Å². The van der Waals surface area contributed by atoms with Crippen molar-refractivity contribution in [3.63, 3.8) is 0 Å². The Morgan fingerprint density at radius 3 is 2.44 bits per heavy atom. The largest absolute Gasteiger partial charge is 0.381 e. The molecule has 0 aromatic rings. The van der Waals surface area contributed by atoms with E-state index in [1.807, 2.05) is 0 Å². The highest BCUT2D eigenvalue weighted by Gasteiger charge is 2.44. The molecule has 18 heavy (non-hydrogen) atoms. The van der Waals surface area contributed by atoms with Crippen molar-refractivity contribution in [2.75, 3.05) is 32.8 Å². The second-order valence-corrected chi connectivity index (χ2v) is 6.68. The molecule has 3 nitrogen and oxygen atoms in total. The van der Waals surface area contributed by atoms with Crippen LogP contribution in [0.3, 0.4) is 0 Å². The first-order valence-electron chi connectivity index (χ1n) is 7.59. The molecule has 2 fully saturated rings. The number of nitrogens with two attached hydrogens (primary N) is 1. The lowest BCUT2D eigenvalue weighted by atomic mass is 9.73. The van der Waals surface area contributed by atoms with Gasteiger partial charge in [0.15, 0.2) is 0 Å². The maximum atomic E-state index is 6.16. The molecule has 0 aliphatic carbocycles. The van der Waals surface area contributed by atoms with Gasteiger partial charge in [0.2, 0.25) is 0 Å². The molecule has 3 heteroatoms. The zero-order chi connectivity index (χ0) is 13.2. The van der Waals surface area contributed by atoms with E-state index >= 15 is 0 Å². The molecule has 2 atom stereocenters. The van der Waals surface area contributed by atoms with Crippen LogP contribution < -0.4 is 5.73 Å². The van der Waals surface area contributed by atoms with Gasteiger partial charge < -0.3 is 10.5 Å². The molecule has 2 aliphatic rings. The number of hydrogen-bond donors (Lipinski definition) is 1. The van der Waals surface area contributed by atoms with Gasteiger partial charge >= 0.3 is 0 Å². The fourth-order valence-corrected chi connectivity index (χ4v) is 3.66. The van der Waals surface area contributed by atoms with Gasteiger partial charge in [-0.1, -0.05) is 27.2 Å².